The molecule has 0 saturated heterocycles. The van der Waals surface area contributed by atoms with Gasteiger partial charge in [0.25, 0.3) is 0 Å². The highest BCUT2D eigenvalue weighted by Gasteiger charge is 2.21. The van der Waals surface area contributed by atoms with E-state index in [0.717, 1.165) is 22.0 Å². The van der Waals surface area contributed by atoms with Crippen molar-refractivity contribution in [2.45, 2.75) is 19.9 Å². The minimum absolute atomic E-state index is 0.0331. The number of urea groups is 1. The van der Waals surface area contributed by atoms with Gasteiger partial charge < -0.3 is 15.5 Å². The van der Waals surface area contributed by atoms with Gasteiger partial charge in [-0.2, -0.15) is 0 Å². The van der Waals surface area contributed by atoms with Gasteiger partial charge in [0, 0.05) is 18.1 Å². The van der Waals surface area contributed by atoms with Crippen LogP contribution < -0.4 is 10.6 Å². The molecular weight excluding hydrogens is 362 g/mol. The lowest BCUT2D eigenvalue weighted by Gasteiger charge is -2.26. The van der Waals surface area contributed by atoms with Crippen LogP contribution in [0.15, 0.2) is 72.8 Å². The van der Waals surface area contributed by atoms with E-state index in [1.807, 2.05) is 72.8 Å². The first kappa shape index (κ1) is 20.4. The third kappa shape index (κ3) is 5.13. The highest BCUT2D eigenvalue weighted by Crippen LogP contribution is 2.23. The fraction of sp³-hybridized carbons (Fsp3) is 0.250. The van der Waals surface area contributed by atoms with E-state index in [9.17, 15) is 9.59 Å². The average Bonchev–Trinajstić information content (AvgIpc) is 2.72. The van der Waals surface area contributed by atoms with Crippen LogP contribution in [0.2, 0.25) is 0 Å². The van der Waals surface area contributed by atoms with E-state index in [4.69, 9.17) is 0 Å². The summed E-state index contributed by atoms with van der Waals surface area (Å²) in [5.41, 5.74) is 1.79. The quantitative estimate of drug-likeness (QED) is 0.635. The Labute approximate surface area is 171 Å². The second kappa shape index (κ2) is 9.24. The van der Waals surface area contributed by atoms with Gasteiger partial charge in [0.05, 0.1) is 6.04 Å². The van der Waals surface area contributed by atoms with Gasteiger partial charge >= 0.3 is 6.03 Å². The van der Waals surface area contributed by atoms with Crippen molar-refractivity contribution in [3.05, 3.63) is 78.4 Å². The van der Waals surface area contributed by atoms with Crippen LogP contribution in [0.3, 0.4) is 0 Å². The minimum Gasteiger partial charge on any atom is -0.331 e. The summed E-state index contributed by atoms with van der Waals surface area (Å²) in [6.45, 7) is 4.09. The smallest absolute Gasteiger partial charge is 0.318 e. The molecule has 0 bridgehead atoms. The van der Waals surface area contributed by atoms with Gasteiger partial charge in [-0.25, -0.2) is 4.79 Å². The Morgan fingerprint density at radius 3 is 2.28 bits per heavy atom. The number of fused-ring (bicyclic) bond motifs is 1. The summed E-state index contributed by atoms with van der Waals surface area (Å²) in [6.07, 6.45) is 0. The molecule has 0 aromatic heterocycles. The van der Waals surface area contributed by atoms with Gasteiger partial charge in [-0.15, -0.1) is 0 Å². The number of hydrogen-bond donors (Lipinski definition) is 2. The molecule has 5 nitrogen and oxygen atoms in total. The maximum Gasteiger partial charge on any atom is 0.318 e. The number of nitrogens with one attached hydrogen (secondary N) is 2. The summed E-state index contributed by atoms with van der Waals surface area (Å²) in [5, 5.41) is 7.98. The summed E-state index contributed by atoms with van der Waals surface area (Å²) in [7, 11) is 1.63. The lowest BCUT2D eigenvalue weighted by atomic mass is 9.96. The predicted octanol–water partition coefficient (Wildman–Crippen LogP) is 4.82. The SMILES string of the molecule is CC(C)[C@@H](NC(=O)N(C)CC(=O)Nc1cccc2ccccc12)c1ccccc1. The fourth-order valence-corrected chi connectivity index (χ4v) is 3.35. The second-order valence-corrected chi connectivity index (χ2v) is 7.51. The van der Waals surface area contributed by atoms with E-state index in [2.05, 4.69) is 24.5 Å². The molecule has 0 aliphatic carbocycles. The van der Waals surface area contributed by atoms with Crippen LogP contribution >= 0.6 is 0 Å². The molecule has 5 heteroatoms. The number of amides is 3. The van der Waals surface area contributed by atoms with E-state index in [-0.39, 0.29) is 30.4 Å². The van der Waals surface area contributed by atoms with Crippen LogP contribution in [0.4, 0.5) is 10.5 Å². The number of benzene rings is 3. The molecule has 3 aromatic rings. The number of rotatable bonds is 6. The Balaban J connectivity index is 1.63. The van der Waals surface area contributed by atoms with E-state index < -0.39 is 0 Å². The standard InChI is InChI=1S/C24H27N3O2/c1-17(2)23(19-11-5-4-6-12-19)26-24(29)27(3)16-22(28)25-21-15-9-13-18-10-7-8-14-20(18)21/h4-15,17,23H,16H2,1-3H3,(H,25,28)(H,26,29)/t23-/m1/s1. The molecule has 29 heavy (non-hydrogen) atoms. The molecule has 3 amide bonds. The molecule has 2 N–H and O–H groups in total. The van der Waals surface area contributed by atoms with E-state index in [1.54, 1.807) is 7.05 Å². The number of likely N-dealkylation sites (N-methyl/N-ethyl adjacent to an activating group) is 1. The van der Waals surface area contributed by atoms with Crippen LogP contribution in [-0.4, -0.2) is 30.4 Å². The van der Waals surface area contributed by atoms with Gasteiger partial charge in [0.1, 0.15) is 6.54 Å². The fourth-order valence-electron chi connectivity index (χ4n) is 3.35. The molecule has 0 fully saturated rings. The van der Waals surface area contributed by atoms with Crippen molar-refractivity contribution in [3.63, 3.8) is 0 Å². The van der Waals surface area contributed by atoms with Crippen LogP contribution in [-0.2, 0) is 4.79 Å². The molecule has 0 aliphatic heterocycles. The number of nitrogens with zero attached hydrogens (tertiary/aromatic N) is 1. The Morgan fingerprint density at radius 2 is 1.55 bits per heavy atom. The topological polar surface area (TPSA) is 61.4 Å². The zero-order valence-corrected chi connectivity index (χ0v) is 17.1. The summed E-state index contributed by atoms with van der Waals surface area (Å²) in [5.74, 6) is -0.0147. The molecule has 3 rings (SSSR count). The first-order valence-corrected chi connectivity index (χ1v) is 9.80. The highest BCUT2D eigenvalue weighted by atomic mass is 16.2. The third-order valence-electron chi connectivity index (χ3n) is 4.90. The van der Waals surface area contributed by atoms with Crippen molar-refractivity contribution in [2.24, 2.45) is 5.92 Å². The Hall–Kier alpha value is -3.34. The summed E-state index contributed by atoms with van der Waals surface area (Å²) in [6, 6.07) is 23.1. The minimum atomic E-state index is -0.277. The summed E-state index contributed by atoms with van der Waals surface area (Å²) < 4.78 is 0. The van der Waals surface area contributed by atoms with Crippen LogP contribution in [0.5, 0.6) is 0 Å². The van der Waals surface area contributed by atoms with Crippen LogP contribution in [0, 0.1) is 5.92 Å². The largest absolute Gasteiger partial charge is 0.331 e. The molecule has 0 saturated carbocycles. The summed E-state index contributed by atoms with van der Waals surface area (Å²) >= 11 is 0. The van der Waals surface area contributed by atoms with E-state index in [0.29, 0.717) is 0 Å². The Kier molecular flexibility index (Phi) is 6.50. The van der Waals surface area contributed by atoms with Gasteiger partial charge in [-0.3, -0.25) is 4.79 Å². The lowest BCUT2D eigenvalue weighted by Crippen LogP contribution is -2.44. The van der Waals surface area contributed by atoms with Gasteiger partial charge in [0.2, 0.25) is 5.91 Å². The molecule has 0 radical (unpaired) electrons. The number of hydrogen-bond acceptors (Lipinski definition) is 2. The van der Waals surface area contributed by atoms with E-state index in [1.165, 1.54) is 4.90 Å². The molecule has 0 heterocycles. The zero-order valence-electron chi connectivity index (χ0n) is 17.1. The normalized spacial score (nSPS) is 11.9. The Bertz CT molecular complexity index is 980. The molecule has 0 spiro atoms. The molecule has 150 valence electrons. The molecular formula is C24H27N3O2. The van der Waals surface area contributed by atoms with Gasteiger partial charge in [-0.05, 0) is 22.9 Å². The molecule has 1 atom stereocenters. The monoisotopic (exact) mass is 389 g/mol. The Morgan fingerprint density at radius 1 is 0.897 bits per heavy atom. The van der Waals surface area contributed by atoms with Crippen molar-refractivity contribution in [1.29, 1.82) is 0 Å². The highest BCUT2D eigenvalue weighted by molar-refractivity contribution is 6.03. The van der Waals surface area contributed by atoms with Crippen molar-refractivity contribution < 1.29 is 9.59 Å². The van der Waals surface area contributed by atoms with E-state index >= 15 is 0 Å². The van der Waals surface area contributed by atoms with Gasteiger partial charge in [0.15, 0.2) is 0 Å². The number of carbonyl (C=O) groups excluding carboxylic acids is 2. The maximum atomic E-state index is 12.7. The zero-order chi connectivity index (χ0) is 20.8. The lowest BCUT2D eigenvalue weighted by molar-refractivity contribution is -0.116. The molecule has 3 aromatic carbocycles. The first-order chi connectivity index (χ1) is 14.0. The first-order valence-electron chi connectivity index (χ1n) is 9.80. The number of carbonyl (C=O) groups is 2. The van der Waals surface area contributed by atoms with Crippen molar-refractivity contribution in [3.8, 4) is 0 Å². The third-order valence-corrected chi connectivity index (χ3v) is 4.90. The average molecular weight is 389 g/mol. The van der Waals surface area contributed by atoms with Crippen LogP contribution in [0.1, 0.15) is 25.5 Å². The predicted molar refractivity (Wildman–Crippen MR) is 118 cm³/mol. The van der Waals surface area contributed by atoms with Crippen LogP contribution in [0.25, 0.3) is 10.8 Å². The number of anilines is 1. The van der Waals surface area contributed by atoms with Crippen molar-refractivity contribution in [2.75, 3.05) is 18.9 Å². The summed E-state index contributed by atoms with van der Waals surface area (Å²) in [4.78, 5) is 26.6. The molecule has 0 aliphatic rings. The molecule has 0 unspecified atom stereocenters. The van der Waals surface area contributed by atoms with Gasteiger partial charge in [-0.1, -0.05) is 80.6 Å². The second-order valence-electron chi connectivity index (χ2n) is 7.51. The van der Waals surface area contributed by atoms with Crippen molar-refractivity contribution in [1.82, 2.24) is 10.2 Å². The maximum absolute atomic E-state index is 12.7. The van der Waals surface area contributed by atoms with Crippen molar-refractivity contribution >= 4 is 28.4 Å².